The molecule has 0 radical (unpaired) electrons. The number of allylic oxidation sites excluding steroid dienone is 2. The smallest absolute Gasteiger partial charge is 0.123 e. The van der Waals surface area contributed by atoms with Crippen LogP contribution in [0, 0.1) is 6.92 Å². The Kier molecular flexibility index (Phi) is 8.61. The molecule has 0 heterocycles. The Morgan fingerprint density at radius 1 is 0.411 bits per heavy atom. The molecule has 0 spiro atoms. The molecule has 1 nitrogen and oxygen atoms in total. The van der Waals surface area contributed by atoms with E-state index in [1.54, 1.807) is 0 Å². The zero-order valence-corrected chi connectivity index (χ0v) is 31.3. The molecule has 1 unspecified atom stereocenters. The minimum Gasteiger partial charge on any atom is -0.486 e. The normalized spacial score (nSPS) is 13.9. The standard InChI is InChI=1S/C55H40O/c1-37-34-45(30-33-53(37)56-48-31-28-40(29-32-48)38-12-3-2-4-13-38)44-16-11-17-47(36-44)55-51-20-9-7-18-49(51)54(50-19-8-10-21-52(50)55)42-25-22-41(23-26-42)46-27-24-39-14-5-6-15-43(39)35-46/h2-31,33-36,48H,32H2,1H3. The molecule has 0 N–H and O–H groups in total. The summed E-state index contributed by atoms with van der Waals surface area (Å²) in [6, 6.07) is 68.3. The maximum Gasteiger partial charge on any atom is 0.123 e. The topological polar surface area (TPSA) is 9.23 Å². The predicted molar refractivity (Wildman–Crippen MR) is 238 cm³/mol. The summed E-state index contributed by atoms with van der Waals surface area (Å²) in [6.45, 7) is 2.15. The molecular formula is C55H40O. The highest BCUT2D eigenvalue weighted by molar-refractivity contribution is 6.21. The number of aryl methyl sites for hydroxylation is 1. The molecule has 1 heteroatoms. The summed E-state index contributed by atoms with van der Waals surface area (Å²) in [5, 5.41) is 7.53. The molecule has 1 aliphatic carbocycles. The van der Waals surface area contributed by atoms with Crippen molar-refractivity contribution in [1.82, 2.24) is 0 Å². The van der Waals surface area contributed by atoms with Crippen LogP contribution in [-0.4, -0.2) is 6.10 Å². The van der Waals surface area contributed by atoms with Gasteiger partial charge in [0.2, 0.25) is 0 Å². The van der Waals surface area contributed by atoms with Crippen LogP contribution >= 0.6 is 0 Å². The Morgan fingerprint density at radius 3 is 1.62 bits per heavy atom. The molecule has 10 rings (SSSR count). The van der Waals surface area contributed by atoms with Crippen molar-refractivity contribution in [1.29, 1.82) is 0 Å². The van der Waals surface area contributed by atoms with Gasteiger partial charge in [0.25, 0.3) is 0 Å². The Bertz CT molecular complexity index is 2910. The number of hydrogen-bond donors (Lipinski definition) is 0. The number of ether oxygens (including phenoxy) is 1. The van der Waals surface area contributed by atoms with E-state index in [4.69, 9.17) is 4.74 Å². The van der Waals surface area contributed by atoms with Gasteiger partial charge in [-0.05, 0) is 131 Å². The molecule has 9 aromatic rings. The van der Waals surface area contributed by atoms with Gasteiger partial charge in [-0.2, -0.15) is 0 Å². The second-order valence-corrected chi connectivity index (χ2v) is 14.8. The summed E-state index contributed by atoms with van der Waals surface area (Å²) in [7, 11) is 0. The van der Waals surface area contributed by atoms with Crippen LogP contribution in [0.5, 0.6) is 5.75 Å². The van der Waals surface area contributed by atoms with Crippen molar-refractivity contribution in [3.05, 3.63) is 217 Å². The molecule has 1 atom stereocenters. The molecule has 0 saturated heterocycles. The Hall–Kier alpha value is -6.96. The average Bonchev–Trinajstić information content (AvgIpc) is 3.26. The van der Waals surface area contributed by atoms with Crippen LogP contribution in [0.15, 0.2) is 206 Å². The second kappa shape index (κ2) is 14.4. The van der Waals surface area contributed by atoms with E-state index in [0.717, 1.165) is 17.7 Å². The van der Waals surface area contributed by atoms with E-state index in [1.165, 1.54) is 88.0 Å². The molecule has 9 aromatic carbocycles. The second-order valence-electron chi connectivity index (χ2n) is 14.8. The van der Waals surface area contributed by atoms with Crippen LogP contribution in [0.2, 0.25) is 0 Å². The lowest BCUT2D eigenvalue weighted by molar-refractivity contribution is 0.250. The maximum atomic E-state index is 6.51. The highest BCUT2D eigenvalue weighted by Gasteiger charge is 2.18. The Labute approximate surface area is 328 Å². The van der Waals surface area contributed by atoms with Crippen LogP contribution in [0.1, 0.15) is 17.5 Å². The third kappa shape index (κ3) is 6.28. The summed E-state index contributed by atoms with van der Waals surface area (Å²) in [5.41, 5.74) is 13.4. The van der Waals surface area contributed by atoms with E-state index in [9.17, 15) is 0 Å². The van der Waals surface area contributed by atoms with Crippen molar-refractivity contribution >= 4 is 37.9 Å². The number of rotatable bonds is 7. The minimum absolute atomic E-state index is 0.0161. The summed E-state index contributed by atoms with van der Waals surface area (Å²) in [5.74, 6) is 0.925. The van der Waals surface area contributed by atoms with Gasteiger partial charge in [-0.15, -0.1) is 0 Å². The molecule has 266 valence electrons. The monoisotopic (exact) mass is 716 g/mol. The molecule has 0 amide bonds. The first-order chi connectivity index (χ1) is 27.7. The lowest BCUT2D eigenvalue weighted by Gasteiger charge is -2.20. The zero-order valence-electron chi connectivity index (χ0n) is 31.3. The first-order valence-electron chi connectivity index (χ1n) is 19.5. The summed E-state index contributed by atoms with van der Waals surface area (Å²) in [4.78, 5) is 0. The van der Waals surface area contributed by atoms with Crippen LogP contribution < -0.4 is 4.74 Å². The van der Waals surface area contributed by atoms with Crippen molar-refractivity contribution in [2.45, 2.75) is 19.4 Å². The van der Waals surface area contributed by atoms with Gasteiger partial charge in [-0.25, -0.2) is 0 Å². The van der Waals surface area contributed by atoms with Crippen molar-refractivity contribution in [2.75, 3.05) is 0 Å². The number of benzene rings is 9. The van der Waals surface area contributed by atoms with Gasteiger partial charge < -0.3 is 4.74 Å². The van der Waals surface area contributed by atoms with Crippen LogP contribution in [-0.2, 0) is 0 Å². The van der Waals surface area contributed by atoms with Gasteiger partial charge in [0, 0.05) is 6.42 Å². The third-order valence-electron chi connectivity index (χ3n) is 11.3. The largest absolute Gasteiger partial charge is 0.486 e. The lowest BCUT2D eigenvalue weighted by Crippen LogP contribution is -2.15. The highest BCUT2D eigenvalue weighted by atomic mass is 16.5. The number of fused-ring (bicyclic) bond motifs is 3. The minimum atomic E-state index is 0.0161. The van der Waals surface area contributed by atoms with Gasteiger partial charge in [0.05, 0.1) is 0 Å². The fourth-order valence-electron chi connectivity index (χ4n) is 8.46. The summed E-state index contributed by atoms with van der Waals surface area (Å²) >= 11 is 0. The van der Waals surface area contributed by atoms with E-state index in [-0.39, 0.29) is 6.10 Å². The zero-order chi connectivity index (χ0) is 37.4. The van der Waals surface area contributed by atoms with Gasteiger partial charge in [-0.1, -0.05) is 176 Å². The molecule has 1 aliphatic rings. The maximum absolute atomic E-state index is 6.51. The molecule has 0 aliphatic heterocycles. The quantitative estimate of drug-likeness (QED) is 0.149. The molecule has 0 bridgehead atoms. The average molecular weight is 717 g/mol. The van der Waals surface area contributed by atoms with Crippen LogP contribution in [0.4, 0.5) is 0 Å². The Morgan fingerprint density at radius 2 is 0.946 bits per heavy atom. The van der Waals surface area contributed by atoms with Crippen LogP contribution in [0.25, 0.3) is 82.4 Å². The van der Waals surface area contributed by atoms with Gasteiger partial charge in [-0.3, -0.25) is 0 Å². The summed E-state index contributed by atoms with van der Waals surface area (Å²) < 4.78 is 6.51. The number of hydrogen-bond acceptors (Lipinski definition) is 1. The van der Waals surface area contributed by atoms with E-state index >= 15 is 0 Å². The van der Waals surface area contributed by atoms with Gasteiger partial charge in [0.1, 0.15) is 11.9 Å². The summed E-state index contributed by atoms with van der Waals surface area (Å²) in [6.07, 6.45) is 7.50. The van der Waals surface area contributed by atoms with Crippen molar-refractivity contribution in [2.24, 2.45) is 0 Å². The molecular weight excluding hydrogens is 677 g/mol. The van der Waals surface area contributed by atoms with Crippen LogP contribution in [0.3, 0.4) is 0 Å². The molecule has 0 aromatic heterocycles. The molecule has 0 fully saturated rings. The van der Waals surface area contributed by atoms with Crippen molar-refractivity contribution in [3.63, 3.8) is 0 Å². The fourth-order valence-corrected chi connectivity index (χ4v) is 8.46. The fraction of sp³-hybridized carbons (Fsp3) is 0.0545. The van der Waals surface area contributed by atoms with E-state index in [2.05, 4.69) is 213 Å². The lowest BCUT2D eigenvalue weighted by atomic mass is 9.85. The van der Waals surface area contributed by atoms with Gasteiger partial charge >= 0.3 is 0 Å². The first kappa shape index (κ1) is 33.6. The van der Waals surface area contributed by atoms with E-state index in [0.29, 0.717) is 0 Å². The predicted octanol–water partition coefficient (Wildman–Crippen LogP) is 14.9. The SMILES string of the molecule is Cc1cc(-c2cccc(-c3c4ccccc4c(-c4ccc(-c5ccc6ccccc6c5)cc4)c4ccccc34)c2)ccc1OC1C=CC(c2ccccc2)=CC1. The highest BCUT2D eigenvalue weighted by Crippen LogP contribution is 2.44. The van der Waals surface area contributed by atoms with Crippen molar-refractivity contribution in [3.8, 4) is 50.3 Å². The molecule has 56 heavy (non-hydrogen) atoms. The van der Waals surface area contributed by atoms with E-state index < -0.39 is 0 Å². The molecule has 0 saturated carbocycles. The van der Waals surface area contributed by atoms with Crippen molar-refractivity contribution < 1.29 is 4.74 Å². The van der Waals surface area contributed by atoms with Gasteiger partial charge in [0.15, 0.2) is 0 Å². The Balaban J connectivity index is 0.979. The third-order valence-corrected chi connectivity index (χ3v) is 11.3. The van der Waals surface area contributed by atoms with E-state index in [1.807, 2.05) is 0 Å². The first-order valence-corrected chi connectivity index (χ1v) is 19.5.